The molecule has 1 fully saturated rings. The number of nitrogens with one attached hydrogen (secondary N) is 1. The first-order valence-corrected chi connectivity index (χ1v) is 11.7. The summed E-state index contributed by atoms with van der Waals surface area (Å²) in [5.74, 6) is -1.29. The number of piperazine rings is 1. The van der Waals surface area contributed by atoms with E-state index in [-0.39, 0.29) is 42.8 Å². The highest BCUT2D eigenvalue weighted by molar-refractivity contribution is 6.08. The molecule has 2 heterocycles. The molecule has 3 aromatic carbocycles. The number of anilines is 3. The van der Waals surface area contributed by atoms with Crippen LogP contribution in [0.1, 0.15) is 26.3 Å². The molecule has 1 amide bonds. The maximum Gasteiger partial charge on any atom is 0.336 e. The fourth-order valence-corrected chi connectivity index (χ4v) is 4.45. The van der Waals surface area contributed by atoms with Gasteiger partial charge in [0.25, 0.3) is 5.91 Å². The fraction of sp³-hybridized carbons (Fsp3) is 0.179. The molecule has 0 saturated carbocycles. The molecule has 39 heavy (non-hydrogen) atoms. The van der Waals surface area contributed by atoms with Crippen LogP contribution in [-0.2, 0) is 0 Å². The van der Waals surface area contributed by atoms with E-state index >= 15 is 0 Å². The standard InChI is InChI=1S/C28H25FN4O3.3ClH/c1-18-3-2-4-22(15-18)32-11-13-33(14-12-32)26-17-24(28(35)36)23-16-21(9-10-25(23)31-26)30-27(34)19-5-7-20(29)8-6-19;;;/h2-10,15-17H,11-14H2,1H3,(H,30,34)(H,35,36);3*1H. The van der Waals surface area contributed by atoms with Crippen LogP contribution in [0, 0.1) is 12.7 Å². The number of fused-ring (bicyclic) bond motifs is 1. The van der Waals surface area contributed by atoms with Crippen LogP contribution in [-0.4, -0.2) is 48.1 Å². The molecule has 0 atom stereocenters. The molecule has 0 spiro atoms. The zero-order valence-electron chi connectivity index (χ0n) is 21.0. The Kier molecular flexibility index (Phi) is 10.9. The van der Waals surface area contributed by atoms with Crippen LogP contribution < -0.4 is 15.1 Å². The molecule has 0 unspecified atom stereocenters. The van der Waals surface area contributed by atoms with Crippen molar-refractivity contribution in [2.75, 3.05) is 41.3 Å². The number of aromatic nitrogens is 1. The minimum Gasteiger partial charge on any atom is -0.478 e. The maximum atomic E-state index is 13.2. The molecule has 1 aliphatic rings. The van der Waals surface area contributed by atoms with Crippen molar-refractivity contribution < 1.29 is 19.1 Å². The van der Waals surface area contributed by atoms with E-state index in [1.54, 1.807) is 24.3 Å². The SMILES string of the molecule is Cc1cccc(N2CCN(c3cc(C(=O)O)c4cc(NC(=O)c5ccc(F)cc5)ccc4n3)CC2)c1.Cl.Cl.Cl. The van der Waals surface area contributed by atoms with Gasteiger partial charge in [-0.2, -0.15) is 0 Å². The monoisotopic (exact) mass is 592 g/mol. The summed E-state index contributed by atoms with van der Waals surface area (Å²) in [5, 5.41) is 13.1. The highest BCUT2D eigenvalue weighted by atomic mass is 35.5. The summed E-state index contributed by atoms with van der Waals surface area (Å²) in [6, 6.07) is 20.2. The summed E-state index contributed by atoms with van der Waals surface area (Å²) in [4.78, 5) is 33.8. The number of aryl methyl sites for hydroxylation is 1. The smallest absolute Gasteiger partial charge is 0.336 e. The molecular formula is C28H28Cl3FN4O3. The summed E-state index contributed by atoms with van der Waals surface area (Å²) in [6.45, 7) is 5.13. The number of hydrogen-bond donors (Lipinski definition) is 2. The number of carbonyl (C=O) groups excluding carboxylic acids is 1. The van der Waals surface area contributed by atoms with Crippen molar-refractivity contribution in [2.24, 2.45) is 0 Å². The Morgan fingerprint density at radius 1 is 0.872 bits per heavy atom. The van der Waals surface area contributed by atoms with Crippen LogP contribution in [0.2, 0.25) is 0 Å². The van der Waals surface area contributed by atoms with Crippen molar-refractivity contribution in [1.29, 1.82) is 0 Å². The molecule has 7 nitrogen and oxygen atoms in total. The van der Waals surface area contributed by atoms with Gasteiger partial charge in [-0.1, -0.05) is 12.1 Å². The van der Waals surface area contributed by atoms with Crippen molar-refractivity contribution in [3.63, 3.8) is 0 Å². The number of pyridine rings is 1. The number of halogens is 4. The van der Waals surface area contributed by atoms with Gasteiger partial charge in [-0.05, 0) is 73.2 Å². The van der Waals surface area contributed by atoms with E-state index in [0.29, 0.717) is 28.0 Å². The number of rotatable bonds is 5. The molecule has 206 valence electrons. The second-order valence-corrected chi connectivity index (χ2v) is 8.84. The van der Waals surface area contributed by atoms with E-state index in [0.717, 1.165) is 26.2 Å². The van der Waals surface area contributed by atoms with E-state index in [4.69, 9.17) is 4.98 Å². The van der Waals surface area contributed by atoms with Gasteiger partial charge in [0.05, 0.1) is 11.1 Å². The molecule has 1 aromatic heterocycles. The Balaban J connectivity index is 0.00000178. The van der Waals surface area contributed by atoms with Crippen LogP contribution in [0.25, 0.3) is 10.9 Å². The van der Waals surface area contributed by atoms with Crippen LogP contribution in [0.4, 0.5) is 21.6 Å². The predicted octanol–water partition coefficient (Wildman–Crippen LogP) is 6.22. The maximum absolute atomic E-state index is 13.2. The lowest BCUT2D eigenvalue weighted by Crippen LogP contribution is -2.46. The van der Waals surface area contributed by atoms with E-state index in [9.17, 15) is 19.1 Å². The first-order chi connectivity index (χ1) is 17.4. The van der Waals surface area contributed by atoms with Gasteiger partial charge >= 0.3 is 5.97 Å². The van der Waals surface area contributed by atoms with E-state index in [2.05, 4.69) is 46.3 Å². The second kappa shape index (κ2) is 13.5. The molecule has 1 saturated heterocycles. The predicted molar refractivity (Wildman–Crippen MR) is 160 cm³/mol. The van der Waals surface area contributed by atoms with E-state index in [1.165, 1.54) is 35.5 Å². The third-order valence-electron chi connectivity index (χ3n) is 6.36. The summed E-state index contributed by atoms with van der Waals surface area (Å²) in [7, 11) is 0. The summed E-state index contributed by atoms with van der Waals surface area (Å²) >= 11 is 0. The molecule has 4 aromatic rings. The van der Waals surface area contributed by atoms with Gasteiger partial charge in [-0.25, -0.2) is 14.2 Å². The number of hydrogen-bond acceptors (Lipinski definition) is 5. The highest BCUT2D eigenvalue weighted by Crippen LogP contribution is 2.28. The lowest BCUT2D eigenvalue weighted by Gasteiger charge is -2.37. The van der Waals surface area contributed by atoms with Crippen molar-refractivity contribution in [3.8, 4) is 0 Å². The molecule has 1 aliphatic heterocycles. The summed E-state index contributed by atoms with van der Waals surface area (Å²) in [6.07, 6.45) is 0. The number of amides is 1. The normalized spacial score (nSPS) is 12.6. The lowest BCUT2D eigenvalue weighted by atomic mass is 10.1. The average Bonchev–Trinajstić information content (AvgIpc) is 2.88. The quantitative estimate of drug-likeness (QED) is 0.286. The minimum absolute atomic E-state index is 0. The second-order valence-electron chi connectivity index (χ2n) is 8.84. The molecule has 11 heteroatoms. The zero-order chi connectivity index (χ0) is 25.2. The van der Waals surface area contributed by atoms with Gasteiger partial charge in [0.15, 0.2) is 0 Å². The van der Waals surface area contributed by atoms with Gasteiger partial charge in [-0.15, -0.1) is 37.2 Å². The van der Waals surface area contributed by atoms with Crippen LogP contribution >= 0.6 is 37.2 Å². The first kappa shape index (κ1) is 31.6. The van der Waals surface area contributed by atoms with Gasteiger partial charge < -0.3 is 20.2 Å². The number of benzene rings is 3. The van der Waals surface area contributed by atoms with Crippen molar-refractivity contribution in [3.05, 3.63) is 95.3 Å². The molecule has 0 aliphatic carbocycles. The van der Waals surface area contributed by atoms with Crippen molar-refractivity contribution in [1.82, 2.24) is 4.98 Å². The third-order valence-corrected chi connectivity index (χ3v) is 6.36. The summed E-state index contributed by atoms with van der Waals surface area (Å²) < 4.78 is 13.2. The fourth-order valence-electron chi connectivity index (χ4n) is 4.45. The number of carboxylic acid groups (broad SMARTS) is 1. The Hall–Kier alpha value is -3.59. The van der Waals surface area contributed by atoms with Gasteiger partial charge in [0.1, 0.15) is 11.6 Å². The lowest BCUT2D eigenvalue weighted by molar-refractivity contribution is 0.0698. The molecule has 0 radical (unpaired) electrons. The molecule has 5 rings (SSSR count). The van der Waals surface area contributed by atoms with Crippen molar-refractivity contribution in [2.45, 2.75) is 6.92 Å². The average molecular weight is 594 g/mol. The van der Waals surface area contributed by atoms with Crippen LogP contribution in [0.5, 0.6) is 0 Å². The number of nitrogens with zero attached hydrogens (tertiary/aromatic N) is 3. The number of aromatic carboxylic acids is 1. The third kappa shape index (κ3) is 7.09. The zero-order valence-corrected chi connectivity index (χ0v) is 23.4. The van der Waals surface area contributed by atoms with E-state index < -0.39 is 17.7 Å². The molecular weight excluding hydrogens is 566 g/mol. The largest absolute Gasteiger partial charge is 0.478 e. The molecule has 0 bridgehead atoms. The Morgan fingerprint density at radius 2 is 1.54 bits per heavy atom. The van der Waals surface area contributed by atoms with Gasteiger partial charge in [0, 0.05) is 48.5 Å². The van der Waals surface area contributed by atoms with Crippen LogP contribution in [0.3, 0.4) is 0 Å². The Labute approximate surface area is 244 Å². The van der Waals surface area contributed by atoms with E-state index in [1.807, 2.05) is 0 Å². The highest BCUT2D eigenvalue weighted by Gasteiger charge is 2.21. The topological polar surface area (TPSA) is 85.8 Å². The van der Waals surface area contributed by atoms with Gasteiger partial charge in [-0.3, -0.25) is 4.79 Å². The van der Waals surface area contributed by atoms with Gasteiger partial charge in [0.2, 0.25) is 0 Å². The van der Waals surface area contributed by atoms with Crippen LogP contribution in [0.15, 0.2) is 72.8 Å². The minimum atomic E-state index is -1.07. The first-order valence-electron chi connectivity index (χ1n) is 11.7. The Bertz CT molecular complexity index is 1460. The molecule has 2 N–H and O–H groups in total. The van der Waals surface area contributed by atoms with Crippen molar-refractivity contribution >= 4 is 77.2 Å². The number of carbonyl (C=O) groups is 2. The number of carboxylic acids is 1. The Morgan fingerprint density at radius 3 is 2.18 bits per heavy atom. The summed E-state index contributed by atoms with van der Waals surface area (Å²) in [5.41, 5.74) is 3.78.